The Hall–Kier alpha value is -9.09. The second-order valence-corrected chi connectivity index (χ2v) is 20.1. The monoisotopic (exact) mass is 1130 g/mol. The number of carbonyl (C=O) groups excluding carboxylic acids is 9. The Morgan fingerprint density at radius 2 is 0.580 bits per heavy atom. The van der Waals surface area contributed by atoms with Crippen LogP contribution in [-0.4, -0.2) is 104 Å². The number of hydrogen-bond acceptors (Lipinski definition) is 24. The number of carbonyl (C=O) groups is 9. The van der Waals surface area contributed by atoms with E-state index in [0.717, 1.165) is 31.1 Å². The average Bonchev–Trinajstić information content (AvgIpc) is 3.38. The van der Waals surface area contributed by atoms with Crippen LogP contribution in [0.15, 0.2) is 142 Å². The first-order valence-corrected chi connectivity index (χ1v) is 26.1. The topological polar surface area (TPSA) is 325 Å². The van der Waals surface area contributed by atoms with Crippen LogP contribution in [0.4, 0.5) is 0 Å². The fourth-order valence-electron chi connectivity index (χ4n) is 9.42. The van der Waals surface area contributed by atoms with Gasteiger partial charge in [0.15, 0.2) is 0 Å². The average molecular weight is 1130 g/mol. The maximum atomic E-state index is 13.1. The van der Waals surface area contributed by atoms with Crippen molar-refractivity contribution in [2.45, 2.75) is 152 Å². The summed E-state index contributed by atoms with van der Waals surface area (Å²) in [5.41, 5.74) is -2.21. The van der Waals surface area contributed by atoms with Crippen LogP contribution in [0.25, 0.3) is 0 Å². The minimum Gasteiger partial charge on any atom is -0.480 e. The highest BCUT2D eigenvalue weighted by Crippen LogP contribution is 2.48. The highest BCUT2D eigenvalue weighted by molar-refractivity contribution is 6.17. The number of cyclic esters (lactones) is 3. The highest BCUT2D eigenvalue weighted by Gasteiger charge is 2.58. The van der Waals surface area contributed by atoms with Crippen molar-refractivity contribution in [1.82, 2.24) is 0 Å². The van der Waals surface area contributed by atoms with E-state index >= 15 is 0 Å². The van der Waals surface area contributed by atoms with E-state index < -0.39 is 117 Å². The zero-order valence-corrected chi connectivity index (χ0v) is 44.5. The first kappa shape index (κ1) is 58.1. The van der Waals surface area contributed by atoms with Gasteiger partial charge in [0, 0.05) is 78.1 Å². The summed E-state index contributed by atoms with van der Waals surface area (Å²) in [6.45, 7) is 6.96. The second kappa shape index (κ2) is 23.3. The van der Waals surface area contributed by atoms with Crippen molar-refractivity contribution >= 4 is 53.7 Å². The van der Waals surface area contributed by atoms with E-state index in [1.54, 1.807) is 6.92 Å². The van der Waals surface area contributed by atoms with E-state index in [1.165, 1.54) is 79.8 Å². The van der Waals surface area contributed by atoms with Crippen molar-refractivity contribution in [3.05, 3.63) is 142 Å². The SMILES string of the molecule is CCCCC1(C)OC(=O)C(=CC=CC=CC2=C(O)OC3(CCC4(CC3)OC(=O)C(=CC=CC=CC3=C(O)OC5(CCC6(CC5)OC(=O)C(=CC=CC=CC5=C(O)OC(C)(CCCC)OC5=O)C(=O)O6)OC3=O)C(=O)O4)OC2=O)C(=O)O1. The third-order valence-corrected chi connectivity index (χ3v) is 13.9. The summed E-state index contributed by atoms with van der Waals surface area (Å²) >= 11 is 0. The maximum Gasteiger partial charge on any atom is 0.348 e. The van der Waals surface area contributed by atoms with Crippen molar-refractivity contribution in [2.75, 3.05) is 0 Å². The Bertz CT molecular complexity index is 2990. The number of unbranched alkanes of at least 4 members (excludes halogenated alkanes) is 2. The van der Waals surface area contributed by atoms with Gasteiger partial charge in [0.2, 0.25) is 0 Å². The van der Waals surface area contributed by atoms with Crippen LogP contribution in [0.2, 0.25) is 0 Å². The van der Waals surface area contributed by atoms with Gasteiger partial charge in [0.1, 0.15) is 33.4 Å². The molecule has 0 aromatic heterocycles. The van der Waals surface area contributed by atoms with Gasteiger partial charge in [-0.05, 0) is 49.3 Å². The fraction of sp³-hybridized carbons (Fsp3) is 0.421. The molecule has 0 aromatic rings. The van der Waals surface area contributed by atoms with Crippen LogP contribution >= 0.6 is 0 Å². The third kappa shape index (κ3) is 13.0. The molecule has 2 saturated carbocycles. The van der Waals surface area contributed by atoms with Gasteiger partial charge in [0.25, 0.3) is 52.6 Å². The standard InChI is InChI=1S/C57H58O24/c1-5-7-24-52(3)70-40(58)34(41(59)71-52)18-12-9-14-20-36-44(62)74-54(75-45(36)63)26-30-56(31-27-54)78-48(66)38(49(67)79-56)22-16-11-17-23-39-50(68)80-57(81-51(39)69)32-28-55(29-33-57)76-46(64)37(47(65)77-55)21-15-10-13-19-35-42(60)72-53(4,25-8-6-2)73-43(35)61/h9-23,58,64,66H,5-8,24-33H2,1-4H3. The summed E-state index contributed by atoms with van der Waals surface area (Å²) in [5.74, 6) is -20.1. The van der Waals surface area contributed by atoms with E-state index in [-0.39, 0.29) is 73.7 Å². The summed E-state index contributed by atoms with van der Waals surface area (Å²) in [6.07, 6.45) is 21.3. The minimum absolute atomic E-state index is 0.159. The lowest BCUT2D eigenvalue weighted by Gasteiger charge is -2.46. The predicted octanol–water partition coefficient (Wildman–Crippen LogP) is 7.18. The minimum atomic E-state index is -1.73. The first-order chi connectivity index (χ1) is 38.5. The molecule has 6 heterocycles. The van der Waals surface area contributed by atoms with Gasteiger partial charge in [-0.3, -0.25) is 0 Å². The Balaban J connectivity index is 0.783. The molecule has 0 amide bonds. The fourth-order valence-corrected chi connectivity index (χ4v) is 9.42. The van der Waals surface area contributed by atoms with Gasteiger partial charge < -0.3 is 72.2 Å². The molecular formula is C57H58O24. The molecule has 4 spiro atoms. The zero-order chi connectivity index (χ0) is 58.4. The number of aliphatic hydroxyl groups is 3. The Labute approximate surface area is 462 Å². The number of aliphatic hydroxyl groups excluding tert-OH is 3. The van der Waals surface area contributed by atoms with E-state index in [1.807, 2.05) is 13.8 Å². The molecule has 24 nitrogen and oxygen atoms in total. The van der Waals surface area contributed by atoms with Crippen LogP contribution in [0, 0.1) is 0 Å². The highest BCUT2D eigenvalue weighted by atomic mass is 16.8. The van der Waals surface area contributed by atoms with Crippen molar-refractivity contribution in [2.24, 2.45) is 0 Å². The van der Waals surface area contributed by atoms with Crippen LogP contribution in [0.3, 0.4) is 0 Å². The molecule has 3 N–H and O–H groups in total. The summed E-state index contributed by atoms with van der Waals surface area (Å²) in [4.78, 5) is 116. The van der Waals surface area contributed by atoms with Crippen molar-refractivity contribution in [3.8, 4) is 0 Å². The molecule has 1 unspecified atom stereocenters. The Morgan fingerprint density at radius 1 is 0.333 bits per heavy atom. The molecule has 6 aliphatic heterocycles. The lowest BCUT2D eigenvalue weighted by molar-refractivity contribution is -0.297. The first-order valence-electron chi connectivity index (χ1n) is 26.1. The number of hydrogen-bond donors (Lipinski definition) is 3. The summed E-state index contributed by atoms with van der Waals surface area (Å²) in [7, 11) is 0. The molecule has 0 radical (unpaired) electrons. The molecule has 8 aliphatic rings. The van der Waals surface area contributed by atoms with Gasteiger partial charge in [-0.2, -0.15) is 0 Å². The van der Waals surface area contributed by atoms with Gasteiger partial charge in [-0.1, -0.05) is 81.4 Å². The number of allylic oxidation sites excluding steroid dienone is 12. The maximum absolute atomic E-state index is 13.1. The summed E-state index contributed by atoms with van der Waals surface area (Å²) < 4.78 is 66.0. The van der Waals surface area contributed by atoms with Gasteiger partial charge in [-0.15, -0.1) is 0 Å². The third-order valence-electron chi connectivity index (χ3n) is 13.9. The van der Waals surface area contributed by atoms with E-state index in [2.05, 4.69) is 0 Å². The number of ether oxygens (including phenoxy) is 12. The van der Waals surface area contributed by atoms with Crippen molar-refractivity contribution < 1.29 is 115 Å². The normalized spacial score (nSPS) is 31.0. The molecule has 2 aliphatic carbocycles. The molecule has 3 saturated heterocycles. The molecule has 0 bridgehead atoms. The van der Waals surface area contributed by atoms with E-state index in [0.29, 0.717) is 25.7 Å². The predicted molar refractivity (Wildman–Crippen MR) is 270 cm³/mol. The molecule has 430 valence electrons. The molecule has 24 heteroatoms. The van der Waals surface area contributed by atoms with Crippen molar-refractivity contribution in [1.29, 1.82) is 0 Å². The number of rotatable bonds is 15. The molecule has 81 heavy (non-hydrogen) atoms. The summed E-state index contributed by atoms with van der Waals surface area (Å²) in [5, 5.41) is 31.8. The molecule has 0 aromatic carbocycles. The summed E-state index contributed by atoms with van der Waals surface area (Å²) in [6, 6.07) is 0. The molecule has 8 rings (SSSR count). The second-order valence-electron chi connectivity index (χ2n) is 20.1. The largest absolute Gasteiger partial charge is 0.480 e. The van der Waals surface area contributed by atoms with E-state index in [4.69, 9.17) is 56.8 Å². The van der Waals surface area contributed by atoms with Crippen LogP contribution in [-0.2, 0) is 100.0 Å². The molecule has 1 atom stereocenters. The Kier molecular flexibility index (Phi) is 16.7. The lowest BCUT2D eigenvalue weighted by Crippen LogP contribution is -2.54. The lowest BCUT2D eigenvalue weighted by atomic mass is 9.87. The molecule has 5 fully saturated rings. The van der Waals surface area contributed by atoms with Crippen LogP contribution in [0.1, 0.15) is 118 Å². The van der Waals surface area contributed by atoms with E-state index in [9.17, 15) is 58.5 Å². The quantitative estimate of drug-likeness (QED) is 0.0480. The number of esters is 9. The van der Waals surface area contributed by atoms with Crippen LogP contribution in [0.5, 0.6) is 0 Å². The Morgan fingerprint density at radius 3 is 0.877 bits per heavy atom. The van der Waals surface area contributed by atoms with Gasteiger partial charge >= 0.3 is 53.7 Å². The smallest absolute Gasteiger partial charge is 0.348 e. The van der Waals surface area contributed by atoms with Gasteiger partial charge in [0.05, 0.1) is 0 Å². The van der Waals surface area contributed by atoms with Crippen LogP contribution < -0.4 is 0 Å². The zero-order valence-electron chi connectivity index (χ0n) is 44.5. The van der Waals surface area contributed by atoms with Crippen molar-refractivity contribution in [3.63, 3.8) is 0 Å². The molecular weight excluding hydrogens is 1070 g/mol. The van der Waals surface area contributed by atoms with Gasteiger partial charge in [-0.25, -0.2) is 43.2 Å².